The van der Waals surface area contributed by atoms with Crippen LogP contribution in [-0.2, 0) is 22.6 Å². The van der Waals surface area contributed by atoms with Gasteiger partial charge in [0.15, 0.2) is 0 Å². The summed E-state index contributed by atoms with van der Waals surface area (Å²) in [5.74, 6) is -0.0765. The zero-order valence-corrected chi connectivity index (χ0v) is 16.2. The minimum absolute atomic E-state index is 0.0765. The summed E-state index contributed by atoms with van der Waals surface area (Å²) in [4.78, 5) is 14.5. The first kappa shape index (κ1) is 19.3. The number of benzene rings is 2. The van der Waals surface area contributed by atoms with E-state index < -0.39 is 0 Å². The zero-order valence-electron chi connectivity index (χ0n) is 16.2. The number of rotatable bonds is 6. The lowest BCUT2D eigenvalue weighted by atomic mass is 10.1. The maximum absolute atomic E-state index is 12.1. The van der Waals surface area contributed by atoms with Crippen LogP contribution in [0.5, 0.6) is 0 Å². The molecule has 2 aromatic carbocycles. The number of hydrogen-bond acceptors (Lipinski definition) is 3. The highest BCUT2D eigenvalue weighted by atomic mass is 16.5. The van der Waals surface area contributed by atoms with E-state index in [-0.39, 0.29) is 5.91 Å². The van der Waals surface area contributed by atoms with Gasteiger partial charge in [-0.15, -0.1) is 0 Å². The number of amides is 1. The summed E-state index contributed by atoms with van der Waals surface area (Å²) in [5.41, 5.74) is 5.88. The Morgan fingerprint density at radius 2 is 1.78 bits per heavy atom. The first-order valence-electron chi connectivity index (χ1n) is 9.51. The van der Waals surface area contributed by atoms with Crippen molar-refractivity contribution in [2.24, 2.45) is 0 Å². The van der Waals surface area contributed by atoms with E-state index in [1.54, 1.807) is 6.08 Å². The fourth-order valence-electron chi connectivity index (χ4n) is 3.21. The van der Waals surface area contributed by atoms with Crippen molar-refractivity contribution >= 4 is 12.0 Å². The van der Waals surface area contributed by atoms with Gasteiger partial charge >= 0.3 is 0 Å². The molecule has 27 heavy (non-hydrogen) atoms. The Labute approximate surface area is 161 Å². The molecule has 4 nitrogen and oxygen atoms in total. The van der Waals surface area contributed by atoms with Gasteiger partial charge in [-0.3, -0.25) is 9.69 Å². The van der Waals surface area contributed by atoms with E-state index in [1.807, 2.05) is 12.1 Å². The molecule has 1 aliphatic rings. The van der Waals surface area contributed by atoms with Crippen LogP contribution in [0.4, 0.5) is 0 Å². The first-order chi connectivity index (χ1) is 13.1. The Kier molecular flexibility index (Phi) is 6.80. The average Bonchev–Trinajstić information content (AvgIpc) is 2.67. The first-order valence-corrected chi connectivity index (χ1v) is 9.51. The van der Waals surface area contributed by atoms with Crippen LogP contribution in [0.1, 0.15) is 27.8 Å². The number of morpholine rings is 1. The summed E-state index contributed by atoms with van der Waals surface area (Å²) >= 11 is 0. The smallest absolute Gasteiger partial charge is 0.244 e. The van der Waals surface area contributed by atoms with Gasteiger partial charge in [-0.2, -0.15) is 0 Å². The van der Waals surface area contributed by atoms with Crippen molar-refractivity contribution in [2.45, 2.75) is 26.9 Å². The predicted molar refractivity (Wildman–Crippen MR) is 109 cm³/mol. The third kappa shape index (κ3) is 6.05. The molecule has 0 aliphatic carbocycles. The van der Waals surface area contributed by atoms with Gasteiger partial charge in [-0.05, 0) is 42.2 Å². The summed E-state index contributed by atoms with van der Waals surface area (Å²) in [6.07, 6.45) is 3.47. The fraction of sp³-hybridized carbons (Fsp3) is 0.348. The van der Waals surface area contributed by atoms with Crippen molar-refractivity contribution in [3.8, 4) is 0 Å². The number of ether oxygens (including phenoxy) is 1. The molecule has 0 bridgehead atoms. The Balaban J connectivity index is 1.47. The van der Waals surface area contributed by atoms with E-state index in [0.29, 0.717) is 6.54 Å². The summed E-state index contributed by atoms with van der Waals surface area (Å²) in [5, 5.41) is 2.95. The van der Waals surface area contributed by atoms with Gasteiger partial charge in [-0.1, -0.05) is 48.0 Å². The van der Waals surface area contributed by atoms with E-state index in [9.17, 15) is 4.79 Å². The monoisotopic (exact) mass is 364 g/mol. The molecule has 1 N–H and O–H groups in total. The third-order valence-corrected chi connectivity index (χ3v) is 4.84. The highest BCUT2D eigenvalue weighted by Crippen LogP contribution is 2.12. The third-order valence-electron chi connectivity index (χ3n) is 4.84. The van der Waals surface area contributed by atoms with E-state index >= 15 is 0 Å². The van der Waals surface area contributed by atoms with Crippen LogP contribution in [0.25, 0.3) is 6.08 Å². The molecule has 0 aromatic heterocycles. The molecule has 142 valence electrons. The van der Waals surface area contributed by atoms with Crippen molar-refractivity contribution in [1.29, 1.82) is 0 Å². The summed E-state index contributed by atoms with van der Waals surface area (Å²) in [7, 11) is 0. The number of nitrogens with one attached hydrogen (secondary N) is 1. The van der Waals surface area contributed by atoms with Crippen molar-refractivity contribution in [3.05, 3.63) is 76.4 Å². The number of hydrogen-bond donors (Lipinski definition) is 1. The lowest BCUT2D eigenvalue weighted by Gasteiger charge is -2.26. The van der Waals surface area contributed by atoms with Gasteiger partial charge < -0.3 is 10.1 Å². The topological polar surface area (TPSA) is 41.6 Å². The SMILES string of the molecule is Cc1ccc(/C=C/C(=O)NCc2ccc(CN3CCOCC3)cc2)c(C)c1. The number of nitrogens with zero attached hydrogens (tertiary/aromatic N) is 1. The van der Waals surface area contributed by atoms with Crippen LogP contribution >= 0.6 is 0 Å². The summed E-state index contributed by atoms with van der Waals surface area (Å²) < 4.78 is 5.38. The predicted octanol–water partition coefficient (Wildman–Crippen LogP) is 3.47. The minimum Gasteiger partial charge on any atom is -0.379 e. The molecule has 4 heteroatoms. The Bertz CT molecular complexity index is 791. The van der Waals surface area contributed by atoms with Crippen LogP contribution < -0.4 is 5.32 Å². The minimum atomic E-state index is -0.0765. The molecule has 0 radical (unpaired) electrons. The zero-order chi connectivity index (χ0) is 19.1. The molecule has 0 saturated carbocycles. The van der Waals surface area contributed by atoms with E-state index in [0.717, 1.165) is 44.0 Å². The van der Waals surface area contributed by atoms with Crippen molar-refractivity contribution in [3.63, 3.8) is 0 Å². The van der Waals surface area contributed by atoms with E-state index in [2.05, 4.69) is 60.5 Å². The fourth-order valence-corrected chi connectivity index (χ4v) is 3.21. The van der Waals surface area contributed by atoms with Gasteiger partial charge in [0, 0.05) is 32.3 Å². The van der Waals surface area contributed by atoms with Gasteiger partial charge in [0.1, 0.15) is 0 Å². The summed E-state index contributed by atoms with van der Waals surface area (Å²) in [6.45, 7) is 9.24. The van der Waals surface area contributed by atoms with Crippen molar-refractivity contribution in [2.75, 3.05) is 26.3 Å². The van der Waals surface area contributed by atoms with Crippen molar-refractivity contribution < 1.29 is 9.53 Å². The lowest BCUT2D eigenvalue weighted by Crippen LogP contribution is -2.35. The maximum Gasteiger partial charge on any atom is 0.244 e. The maximum atomic E-state index is 12.1. The largest absolute Gasteiger partial charge is 0.379 e. The Morgan fingerprint density at radius 3 is 2.48 bits per heavy atom. The molecule has 0 unspecified atom stereocenters. The van der Waals surface area contributed by atoms with Crippen LogP contribution in [0.15, 0.2) is 48.5 Å². The van der Waals surface area contributed by atoms with Gasteiger partial charge in [0.2, 0.25) is 5.91 Å². The van der Waals surface area contributed by atoms with Crippen molar-refractivity contribution in [1.82, 2.24) is 10.2 Å². The number of aryl methyl sites for hydroxylation is 2. The second-order valence-electron chi connectivity index (χ2n) is 7.12. The molecular formula is C23H28N2O2. The Morgan fingerprint density at radius 1 is 1.07 bits per heavy atom. The van der Waals surface area contributed by atoms with E-state index in [1.165, 1.54) is 16.7 Å². The van der Waals surface area contributed by atoms with Gasteiger partial charge in [0.25, 0.3) is 0 Å². The lowest BCUT2D eigenvalue weighted by molar-refractivity contribution is -0.116. The molecular weight excluding hydrogens is 336 g/mol. The van der Waals surface area contributed by atoms with Crippen LogP contribution in [0.3, 0.4) is 0 Å². The average molecular weight is 364 g/mol. The van der Waals surface area contributed by atoms with Gasteiger partial charge in [-0.25, -0.2) is 0 Å². The number of carbonyl (C=O) groups is 1. The highest BCUT2D eigenvalue weighted by Gasteiger charge is 2.10. The number of carbonyl (C=O) groups excluding carboxylic acids is 1. The molecule has 1 aliphatic heterocycles. The second-order valence-corrected chi connectivity index (χ2v) is 7.12. The van der Waals surface area contributed by atoms with Crippen LogP contribution in [-0.4, -0.2) is 37.1 Å². The second kappa shape index (κ2) is 9.49. The molecule has 1 amide bonds. The van der Waals surface area contributed by atoms with Crippen LogP contribution in [0.2, 0.25) is 0 Å². The van der Waals surface area contributed by atoms with E-state index in [4.69, 9.17) is 4.74 Å². The highest BCUT2D eigenvalue weighted by molar-refractivity contribution is 5.91. The molecule has 1 saturated heterocycles. The van der Waals surface area contributed by atoms with Gasteiger partial charge in [0.05, 0.1) is 13.2 Å². The molecule has 1 fully saturated rings. The Hall–Kier alpha value is -2.43. The van der Waals surface area contributed by atoms with Crippen LogP contribution in [0, 0.1) is 13.8 Å². The molecule has 0 atom stereocenters. The standard InChI is InChI=1S/C23H28N2O2/c1-18-3-8-22(19(2)15-18)9-10-23(26)24-16-20-4-6-21(7-5-20)17-25-11-13-27-14-12-25/h3-10,15H,11-14,16-17H2,1-2H3,(H,24,26)/b10-9+. The molecule has 1 heterocycles. The quantitative estimate of drug-likeness (QED) is 0.798. The summed E-state index contributed by atoms with van der Waals surface area (Å²) in [6, 6.07) is 14.7. The molecule has 3 rings (SSSR count). The molecule has 2 aromatic rings. The normalized spacial score (nSPS) is 15.2. The molecule has 0 spiro atoms.